The van der Waals surface area contributed by atoms with Gasteiger partial charge in [-0.05, 0) is 79.3 Å². The largest absolute Gasteiger partial charge is 0.523 e. The molecule has 1 unspecified atom stereocenters. The predicted molar refractivity (Wildman–Crippen MR) is 118 cm³/mol. The summed E-state index contributed by atoms with van der Waals surface area (Å²) in [5, 5.41) is 0. The van der Waals surface area contributed by atoms with E-state index in [1.165, 1.54) is 68.4 Å². The van der Waals surface area contributed by atoms with Gasteiger partial charge >= 0.3 is 12.3 Å². The zero-order chi connectivity index (χ0) is 23.1. The molecule has 32 heavy (non-hydrogen) atoms. The molecule has 0 N–H and O–H groups in total. The summed E-state index contributed by atoms with van der Waals surface area (Å²) in [7, 11) is 0. The fraction of sp³-hybridized carbons (Fsp3) is 0.500. The van der Waals surface area contributed by atoms with E-state index in [-0.39, 0.29) is 12.2 Å². The second-order valence-corrected chi connectivity index (χ2v) is 8.55. The van der Waals surface area contributed by atoms with Gasteiger partial charge in [0, 0.05) is 0 Å². The van der Waals surface area contributed by atoms with E-state index in [0.717, 1.165) is 5.92 Å². The van der Waals surface area contributed by atoms with E-state index in [0.29, 0.717) is 17.0 Å². The van der Waals surface area contributed by atoms with Crippen LogP contribution in [0.4, 0.5) is 13.2 Å². The molecule has 0 saturated heterocycles. The van der Waals surface area contributed by atoms with E-state index in [4.69, 9.17) is 4.74 Å². The Morgan fingerprint density at radius 1 is 0.969 bits per heavy atom. The van der Waals surface area contributed by atoms with Crippen LogP contribution in [0.15, 0.2) is 48.5 Å². The summed E-state index contributed by atoms with van der Waals surface area (Å²) >= 11 is 0. The zero-order valence-electron chi connectivity index (χ0n) is 18.7. The van der Waals surface area contributed by atoms with Crippen LogP contribution in [0.25, 0.3) is 0 Å². The number of halogens is 3. The van der Waals surface area contributed by atoms with Gasteiger partial charge < -0.3 is 4.74 Å². The Labute approximate surface area is 187 Å². The SMILES string of the molecule is CCCC1CCC(c2ccc(C(=O)Oc3ccc(C(CC)OC(F)(F)F)cc3)cc2)CC1. The highest BCUT2D eigenvalue weighted by Gasteiger charge is 2.33. The van der Waals surface area contributed by atoms with Crippen LogP contribution in [0.1, 0.15) is 92.3 Å². The summed E-state index contributed by atoms with van der Waals surface area (Å²) < 4.78 is 47.1. The standard InChI is InChI=1S/C26H31F3O3/c1-3-5-18-6-8-19(9-7-18)20-10-12-22(13-11-20)25(30)31-23-16-14-21(15-17-23)24(4-2)32-26(27,28)29/h10-19,24H,3-9H2,1-2H3. The summed E-state index contributed by atoms with van der Waals surface area (Å²) in [5.74, 6) is 1.18. The quantitative estimate of drug-likeness (QED) is 0.303. The minimum Gasteiger partial charge on any atom is -0.423 e. The lowest BCUT2D eigenvalue weighted by Crippen LogP contribution is -2.17. The zero-order valence-corrected chi connectivity index (χ0v) is 18.7. The Morgan fingerprint density at radius 2 is 1.59 bits per heavy atom. The lowest BCUT2D eigenvalue weighted by molar-refractivity contribution is -0.345. The van der Waals surface area contributed by atoms with Crippen molar-refractivity contribution in [2.45, 2.75) is 77.2 Å². The minimum atomic E-state index is -4.70. The first-order valence-electron chi connectivity index (χ1n) is 11.5. The van der Waals surface area contributed by atoms with Gasteiger partial charge in [0.1, 0.15) is 5.75 Å². The van der Waals surface area contributed by atoms with E-state index < -0.39 is 18.4 Å². The third kappa shape index (κ3) is 6.83. The van der Waals surface area contributed by atoms with Gasteiger partial charge in [-0.25, -0.2) is 4.79 Å². The van der Waals surface area contributed by atoms with E-state index >= 15 is 0 Å². The lowest BCUT2D eigenvalue weighted by Gasteiger charge is -2.28. The van der Waals surface area contributed by atoms with Crippen molar-refractivity contribution in [3.05, 3.63) is 65.2 Å². The molecule has 0 heterocycles. The van der Waals surface area contributed by atoms with Crippen LogP contribution in [0, 0.1) is 5.92 Å². The maximum absolute atomic E-state index is 12.5. The molecule has 0 spiro atoms. The first-order valence-corrected chi connectivity index (χ1v) is 11.5. The van der Waals surface area contributed by atoms with Gasteiger partial charge in [-0.2, -0.15) is 0 Å². The number of ether oxygens (including phenoxy) is 2. The highest BCUT2D eigenvalue weighted by Crippen LogP contribution is 2.37. The molecule has 6 heteroatoms. The number of carbonyl (C=O) groups excluding carboxylic acids is 1. The van der Waals surface area contributed by atoms with Crippen LogP contribution in [0.3, 0.4) is 0 Å². The molecule has 0 amide bonds. The molecule has 1 fully saturated rings. The van der Waals surface area contributed by atoms with Crippen molar-refractivity contribution in [3.63, 3.8) is 0 Å². The van der Waals surface area contributed by atoms with Crippen LogP contribution in [0.2, 0.25) is 0 Å². The van der Waals surface area contributed by atoms with Gasteiger partial charge in [0.25, 0.3) is 0 Å². The number of rotatable bonds is 8. The number of hydrogen-bond donors (Lipinski definition) is 0. The highest BCUT2D eigenvalue weighted by atomic mass is 19.4. The summed E-state index contributed by atoms with van der Waals surface area (Å²) in [6.45, 7) is 3.85. The van der Waals surface area contributed by atoms with Crippen molar-refractivity contribution in [2.24, 2.45) is 5.92 Å². The highest BCUT2D eigenvalue weighted by molar-refractivity contribution is 5.91. The molecule has 0 bridgehead atoms. The molecule has 2 aromatic rings. The molecule has 0 radical (unpaired) electrons. The fourth-order valence-corrected chi connectivity index (χ4v) is 4.55. The van der Waals surface area contributed by atoms with Crippen LogP contribution < -0.4 is 4.74 Å². The molecule has 0 aromatic heterocycles. The monoisotopic (exact) mass is 448 g/mol. The lowest BCUT2D eigenvalue weighted by atomic mass is 9.77. The maximum atomic E-state index is 12.5. The molecule has 174 valence electrons. The van der Waals surface area contributed by atoms with Crippen molar-refractivity contribution >= 4 is 5.97 Å². The fourth-order valence-electron chi connectivity index (χ4n) is 4.55. The van der Waals surface area contributed by atoms with Crippen molar-refractivity contribution in [1.82, 2.24) is 0 Å². The molecule has 3 nitrogen and oxygen atoms in total. The van der Waals surface area contributed by atoms with E-state index in [1.807, 2.05) is 12.1 Å². The molecule has 1 atom stereocenters. The van der Waals surface area contributed by atoms with E-state index in [2.05, 4.69) is 11.7 Å². The van der Waals surface area contributed by atoms with E-state index in [9.17, 15) is 18.0 Å². The van der Waals surface area contributed by atoms with Crippen LogP contribution in [-0.4, -0.2) is 12.3 Å². The van der Waals surface area contributed by atoms with Crippen LogP contribution >= 0.6 is 0 Å². The van der Waals surface area contributed by atoms with Crippen molar-refractivity contribution in [1.29, 1.82) is 0 Å². The van der Waals surface area contributed by atoms with Crippen molar-refractivity contribution in [2.75, 3.05) is 0 Å². The number of hydrogen-bond acceptors (Lipinski definition) is 3. The predicted octanol–water partition coefficient (Wildman–Crippen LogP) is 7.97. The first-order chi connectivity index (χ1) is 15.3. The molecule has 3 rings (SSSR count). The molecule has 0 aliphatic heterocycles. The number of carbonyl (C=O) groups is 1. The molecule has 1 saturated carbocycles. The first kappa shape index (κ1) is 24.3. The van der Waals surface area contributed by atoms with Crippen molar-refractivity contribution < 1.29 is 27.4 Å². The average Bonchev–Trinajstić information content (AvgIpc) is 2.78. The maximum Gasteiger partial charge on any atom is 0.523 e. The minimum absolute atomic E-state index is 0.172. The van der Waals surface area contributed by atoms with Gasteiger partial charge in [-0.15, -0.1) is 13.2 Å². The van der Waals surface area contributed by atoms with Gasteiger partial charge in [-0.1, -0.05) is 51.0 Å². The Balaban J connectivity index is 1.56. The van der Waals surface area contributed by atoms with Gasteiger partial charge in [0.15, 0.2) is 0 Å². The summed E-state index contributed by atoms with van der Waals surface area (Å²) in [6, 6.07) is 13.5. The third-order valence-corrected chi connectivity index (χ3v) is 6.27. The topological polar surface area (TPSA) is 35.5 Å². The normalized spacial score (nSPS) is 20.0. The molecule has 1 aliphatic rings. The van der Waals surface area contributed by atoms with Gasteiger partial charge in [0.05, 0.1) is 11.7 Å². The smallest absolute Gasteiger partial charge is 0.423 e. The Hall–Kier alpha value is -2.34. The van der Waals surface area contributed by atoms with Crippen LogP contribution in [0.5, 0.6) is 5.75 Å². The van der Waals surface area contributed by atoms with E-state index in [1.54, 1.807) is 19.1 Å². The van der Waals surface area contributed by atoms with Gasteiger partial charge in [-0.3, -0.25) is 4.74 Å². The molecule has 2 aromatic carbocycles. The Kier molecular flexibility index (Phi) is 8.35. The second-order valence-electron chi connectivity index (χ2n) is 8.55. The number of alkyl halides is 3. The number of benzene rings is 2. The third-order valence-electron chi connectivity index (χ3n) is 6.27. The Morgan fingerprint density at radius 3 is 2.12 bits per heavy atom. The summed E-state index contributed by atoms with van der Waals surface area (Å²) in [4.78, 5) is 12.5. The summed E-state index contributed by atoms with van der Waals surface area (Å²) in [5.41, 5.74) is 2.09. The molecular weight excluding hydrogens is 417 g/mol. The Bertz CT molecular complexity index is 851. The average molecular weight is 449 g/mol. The van der Waals surface area contributed by atoms with Crippen LogP contribution in [-0.2, 0) is 4.74 Å². The number of esters is 1. The van der Waals surface area contributed by atoms with Crippen molar-refractivity contribution in [3.8, 4) is 5.75 Å². The molecular formula is C26H31F3O3. The summed E-state index contributed by atoms with van der Waals surface area (Å²) in [6.07, 6.45) is 1.86. The van der Waals surface area contributed by atoms with Gasteiger partial charge in [0.2, 0.25) is 0 Å². The second kappa shape index (κ2) is 11.0. The molecule has 1 aliphatic carbocycles.